The number of nitrogens with one attached hydrogen (secondary N) is 1. The fourth-order valence-corrected chi connectivity index (χ4v) is 1.12. The first kappa shape index (κ1) is 17.4. The van der Waals surface area contributed by atoms with Crippen molar-refractivity contribution in [2.24, 2.45) is 0 Å². The summed E-state index contributed by atoms with van der Waals surface area (Å²) in [5, 5.41) is 2.25. The minimum absolute atomic E-state index is 0.278. The minimum Gasteiger partial charge on any atom is -0.460 e. The fourth-order valence-electron chi connectivity index (χ4n) is 1.12. The van der Waals surface area contributed by atoms with E-state index in [9.17, 15) is 14.4 Å². The van der Waals surface area contributed by atoms with E-state index in [-0.39, 0.29) is 6.42 Å². The second kappa shape index (κ2) is 6.54. The van der Waals surface area contributed by atoms with Crippen molar-refractivity contribution in [1.29, 1.82) is 0 Å². The van der Waals surface area contributed by atoms with Crippen molar-refractivity contribution in [3.05, 3.63) is 0 Å². The summed E-state index contributed by atoms with van der Waals surface area (Å²) in [6, 6.07) is -1.08. The van der Waals surface area contributed by atoms with Crippen LogP contribution in [0.2, 0.25) is 0 Å². The molecule has 0 aliphatic rings. The van der Waals surface area contributed by atoms with E-state index in [1.807, 2.05) is 0 Å². The van der Waals surface area contributed by atoms with Crippen molar-refractivity contribution in [3.63, 3.8) is 0 Å². The summed E-state index contributed by atoms with van der Waals surface area (Å²) in [7, 11) is 0. The molecule has 1 atom stereocenters. The molecule has 0 bridgehead atoms. The maximum atomic E-state index is 11.5. The Labute approximate surface area is 113 Å². The van der Waals surface area contributed by atoms with Crippen LogP contribution in [0.1, 0.15) is 48.0 Å². The molecular formula is C13H22NO5. The average Bonchev–Trinajstić information content (AvgIpc) is 2.10. The summed E-state index contributed by atoms with van der Waals surface area (Å²) in [6.07, 6.45) is 0.521. The molecule has 19 heavy (non-hydrogen) atoms. The highest BCUT2D eigenvalue weighted by molar-refractivity contribution is 5.80. The van der Waals surface area contributed by atoms with Crippen molar-refractivity contribution in [1.82, 2.24) is 5.32 Å². The lowest BCUT2D eigenvalue weighted by Crippen LogP contribution is -2.41. The molecule has 0 aliphatic heterocycles. The SMILES string of the molecule is CC(C)(C)OC(=O)CC([C]=O)NC(=O)OC(C)(C)C. The van der Waals surface area contributed by atoms with E-state index < -0.39 is 29.3 Å². The molecule has 0 aromatic rings. The maximum absolute atomic E-state index is 11.5. The van der Waals surface area contributed by atoms with Gasteiger partial charge in [0.25, 0.3) is 0 Å². The quantitative estimate of drug-likeness (QED) is 0.788. The largest absolute Gasteiger partial charge is 0.460 e. The molecule has 0 saturated carbocycles. The summed E-state index contributed by atoms with van der Waals surface area (Å²) in [5.74, 6) is -0.586. The Bertz CT molecular complexity index is 308. The van der Waals surface area contributed by atoms with Gasteiger partial charge in [-0.3, -0.25) is 9.59 Å². The Morgan fingerprint density at radius 2 is 1.53 bits per heavy atom. The van der Waals surface area contributed by atoms with Crippen LogP contribution in [0.3, 0.4) is 0 Å². The van der Waals surface area contributed by atoms with Gasteiger partial charge in [-0.2, -0.15) is 0 Å². The third-order valence-corrected chi connectivity index (χ3v) is 1.62. The zero-order valence-electron chi connectivity index (χ0n) is 12.3. The first-order valence-corrected chi connectivity index (χ1v) is 6.02. The summed E-state index contributed by atoms with van der Waals surface area (Å²) in [4.78, 5) is 33.6. The Morgan fingerprint density at radius 1 is 1.05 bits per heavy atom. The second-order valence-corrected chi connectivity index (χ2v) is 6.11. The van der Waals surface area contributed by atoms with Crippen molar-refractivity contribution in [2.75, 3.05) is 0 Å². The highest BCUT2D eigenvalue weighted by atomic mass is 16.6. The van der Waals surface area contributed by atoms with Crippen molar-refractivity contribution in [2.45, 2.75) is 65.2 Å². The first-order valence-electron chi connectivity index (χ1n) is 6.02. The summed E-state index contributed by atoms with van der Waals surface area (Å²) < 4.78 is 10.0. The van der Waals surface area contributed by atoms with Crippen LogP contribution < -0.4 is 5.32 Å². The summed E-state index contributed by atoms with van der Waals surface area (Å²) in [6.45, 7) is 10.2. The molecule has 6 nitrogen and oxygen atoms in total. The smallest absolute Gasteiger partial charge is 0.408 e. The van der Waals surface area contributed by atoms with Gasteiger partial charge in [-0.25, -0.2) is 4.79 Å². The van der Waals surface area contributed by atoms with Gasteiger partial charge in [0.05, 0.1) is 6.42 Å². The van der Waals surface area contributed by atoms with Crippen LogP contribution in [0.15, 0.2) is 0 Å². The van der Waals surface area contributed by atoms with E-state index in [2.05, 4.69) is 5.32 Å². The zero-order chi connectivity index (χ0) is 15.3. The first-order chi connectivity index (χ1) is 8.43. The van der Waals surface area contributed by atoms with Crippen LogP contribution in [0.25, 0.3) is 0 Å². The van der Waals surface area contributed by atoms with Gasteiger partial charge in [0.1, 0.15) is 17.2 Å². The van der Waals surface area contributed by atoms with Crippen molar-refractivity contribution < 1.29 is 23.9 Å². The standard InChI is InChI=1S/C13H22NO5/c1-12(2,3)18-10(16)7-9(8-15)14-11(17)19-13(4,5)6/h9H,7H2,1-6H3,(H,14,17). The molecule has 0 aromatic heterocycles. The number of hydrogen-bond donors (Lipinski definition) is 1. The second-order valence-electron chi connectivity index (χ2n) is 6.11. The van der Waals surface area contributed by atoms with E-state index >= 15 is 0 Å². The van der Waals surface area contributed by atoms with Crippen LogP contribution in [0, 0.1) is 0 Å². The van der Waals surface area contributed by atoms with Gasteiger partial charge in [-0.1, -0.05) is 0 Å². The highest BCUT2D eigenvalue weighted by Gasteiger charge is 2.24. The number of rotatable bonds is 4. The molecular weight excluding hydrogens is 250 g/mol. The van der Waals surface area contributed by atoms with E-state index in [1.54, 1.807) is 47.8 Å². The lowest BCUT2D eigenvalue weighted by atomic mass is 10.2. The van der Waals surface area contributed by atoms with Gasteiger partial charge in [-0.05, 0) is 41.5 Å². The molecule has 0 saturated heterocycles. The Balaban J connectivity index is 4.33. The van der Waals surface area contributed by atoms with E-state index in [0.717, 1.165) is 0 Å². The fraction of sp³-hybridized carbons (Fsp3) is 0.769. The number of amides is 1. The van der Waals surface area contributed by atoms with E-state index in [1.165, 1.54) is 0 Å². The monoisotopic (exact) mass is 272 g/mol. The van der Waals surface area contributed by atoms with Gasteiger partial charge in [0.15, 0.2) is 0 Å². The lowest BCUT2D eigenvalue weighted by molar-refractivity contribution is -0.154. The summed E-state index contributed by atoms with van der Waals surface area (Å²) in [5.41, 5.74) is -1.32. The molecule has 0 rings (SSSR count). The number of alkyl carbamates (subject to hydrolysis) is 1. The number of hydrogen-bond acceptors (Lipinski definition) is 5. The van der Waals surface area contributed by atoms with Crippen molar-refractivity contribution >= 4 is 18.3 Å². The summed E-state index contributed by atoms with van der Waals surface area (Å²) >= 11 is 0. The van der Waals surface area contributed by atoms with E-state index in [4.69, 9.17) is 9.47 Å². The van der Waals surface area contributed by atoms with Crippen LogP contribution >= 0.6 is 0 Å². The van der Waals surface area contributed by atoms with Gasteiger partial charge in [-0.15, -0.1) is 0 Å². The topological polar surface area (TPSA) is 81.7 Å². The molecule has 0 fully saturated rings. The van der Waals surface area contributed by atoms with E-state index in [0.29, 0.717) is 0 Å². The molecule has 1 amide bonds. The Morgan fingerprint density at radius 3 is 1.89 bits per heavy atom. The number of carbonyl (C=O) groups excluding carboxylic acids is 3. The predicted molar refractivity (Wildman–Crippen MR) is 69.3 cm³/mol. The molecule has 6 heteroatoms. The molecule has 1 radical (unpaired) electrons. The molecule has 1 N–H and O–H groups in total. The maximum Gasteiger partial charge on any atom is 0.408 e. The number of esters is 1. The Kier molecular flexibility index (Phi) is 5.99. The molecule has 1 unspecified atom stereocenters. The highest BCUT2D eigenvalue weighted by Crippen LogP contribution is 2.10. The van der Waals surface area contributed by atoms with Crippen LogP contribution in [-0.4, -0.2) is 35.6 Å². The number of carbonyl (C=O) groups is 2. The van der Waals surface area contributed by atoms with Crippen molar-refractivity contribution in [3.8, 4) is 0 Å². The van der Waals surface area contributed by atoms with Gasteiger partial charge in [0.2, 0.25) is 6.29 Å². The minimum atomic E-state index is -1.08. The van der Waals surface area contributed by atoms with Crippen LogP contribution in [0.5, 0.6) is 0 Å². The normalized spacial score (nSPS) is 13.4. The van der Waals surface area contributed by atoms with Gasteiger partial charge >= 0.3 is 12.1 Å². The third-order valence-electron chi connectivity index (χ3n) is 1.62. The van der Waals surface area contributed by atoms with Gasteiger partial charge in [0, 0.05) is 0 Å². The molecule has 0 heterocycles. The lowest BCUT2D eigenvalue weighted by Gasteiger charge is -2.22. The number of ether oxygens (including phenoxy) is 2. The predicted octanol–water partition coefficient (Wildman–Crippen LogP) is 1.72. The zero-order valence-corrected chi connectivity index (χ0v) is 12.3. The Hall–Kier alpha value is -1.59. The van der Waals surface area contributed by atoms with Crippen LogP contribution in [0.4, 0.5) is 4.79 Å². The average molecular weight is 272 g/mol. The third kappa shape index (κ3) is 10.1. The molecule has 0 aliphatic carbocycles. The molecule has 109 valence electrons. The van der Waals surface area contributed by atoms with Crippen LogP contribution in [-0.2, 0) is 19.1 Å². The van der Waals surface area contributed by atoms with Gasteiger partial charge < -0.3 is 14.8 Å². The molecule has 0 aromatic carbocycles. The molecule has 0 spiro atoms.